The van der Waals surface area contributed by atoms with E-state index >= 15 is 0 Å². The van der Waals surface area contributed by atoms with Gasteiger partial charge < -0.3 is 10.8 Å². The molecule has 6 heteroatoms. The zero-order valence-corrected chi connectivity index (χ0v) is 13.2. The number of benzene rings is 1. The van der Waals surface area contributed by atoms with Crippen molar-refractivity contribution in [2.45, 2.75) is 38.3 Å². The summed E-state index contributed by atoms with van der Waals surface area (Å²) in [6.07, 6.45) is 2.02. The van der Waals surface area contributed by atoms with Gasteiger partial charge in [-0.2, -0.15) is 13.2 Å². The maximum Gasteiger partial charge on any atom is 0.416 e. The molecule has 0 unspecified atom stereocenters. The minimum absolute atomic E-state index is 0.334. The average molecular weight is 336 g/mol. The highest BCUT2D eigenvalue weighted by molar-refractivity contribution is 6.15. The highest BCUT2D eigenvalue weighted by atomic mass is 19.4. The molecule has 0 spiro atoms. The number of phenolic OH excluding ortho intramolecular Hbond substituents is 1. The Balaban J connectivity index is 2.08. The molecular formula is C18H19F3N2O. The largest absolute Gasteiger partial charge is 0.507 e. The third-order valence-corrected chi connectivity index (χ3v) is 4.49. The van der Waals surface area contributed by atoms with E-state index in [9.17, 15) is 18.3 Å². The van der Waals surface area contributed by atoms with Crippen molar-refractivity contribution in [3.05, 3.63) is 52.2 Å². The lowest BCUT2D eigenvalue weighted by atomic mass is 9.92. The number of nitrogens with two attached hydrogens (primary N) is 1. The van der Waals surface area contributed by atoms with Gasteiger partial charge in [-0.1, -0.05) is 6.42 Å². The molecule has 1 aliphatic heterocycles. The van der Waals surface area contributed by atoms with Crippen LogP contribution in [0.3, 0.4) is 0 Å². The SMILES string of the molecule is NC1=CCN=C(c2ccc(C(F)(F)F)cc2O)C2=C1CCCCC2. The Labute approximate surface area is 138 Å². The van der Waals surface area contributed by atoms with Crippen molar-refractivity contribution in [3.63, 3.8) is 0 Å². The maximum absolute atomic E-state index is 12.8. The number of aromatic hydroxyl groups is 1. The van der Waals surface area contributed by atoms with Crippen LogP contribution in [0.15, 0.2) is 46.1 Å². The first-order chi connectivity index (χ1) is 11.4. The van der Waals surface area contributed by atoms with Gasteiger partial charge in [-0.15, -0.1) is 0 Å². The van der Waals surface area contributed by atoms with E-state index in [-0.39, 0.29) is 0 Å². The molecule has 3 N–H and O–H groups in total. The van der Waals surface area contributed by atoms with E-state index in [2.05, 4.69) is 4.99 Å². The monoisotopic (exact) mass is 336 g/mol. The third-order valence-electron chi connectivity index (χ3n) is 4.49. The van der Waals surface area contributed by atoms with Gasteiger partial charge in [-0.3, -0.25) is 4.99 Å². The Morgan fingerprint density at radius 3 is 2.42 bits per heavy atom. The molecular weight excluding hydrogens is 317 g/mol. The molecule has 1 aliphatic carbocycles. The second kappa shape index (κ2) is 6.34. The van der Waals surface area contributed by atoms with Crippen LogP contribution in [0, 0.1) is 0 Å². The molecule has 0 radical (unpaired) electrons. The zero-order valence-electron chi connectivity index (χ0n) is 13.2. The number of halogens is 3. The summed E-state index contributed by atoms with van der Waals surface area (Å²) in [5.41, 5.74) is 8.83. The molecule has 0 fully saturated rings. The van der Waals surface area contributed by atoms with Crippen LogP contribution in [-0.4, -0.2) is 17.4 Å². The molecule has 0 bridgehead atoms. The summed E-state index contributed by atoms with van der Waals surface area (Å²) in [7, 11) is 0. The first-order valence-corrected chi connectivity index (χ1v) is 8.01. The third kappa shape index (κ3) is 3.18. The fourth-order valence-electron chi connectivity index (χ4n) is 3.27. The summed E-state index contributed by atoms with van der Waals surface area (Å²) in [4.78, 5) is 4.48. The molecule has 0 aromatic heterocycles. The van der Waals surface area contributed by atoms with Gasteiger partial charge in [0.05, 0.1) is 17.8 Å². The predicted molar refractivity (Wildman–Crippen MR) is 86.9 cm³/mol. The molecule has 1 aromatic carbocycles. The predicted octanol–water partition coefficient (Wildman–Crippen LogP) is 4.32. The Bertz CT molecular complexity index is 745. The summed E-state index contributed by atoms with van der Waals surface area (Å²) in [6.45, 7) is 0.356. The van der Waals surface area contributed by atoms with Gasteiger partial charge in [0.15, 0.2) is 0 Å². The minimum Gasteiger partial charge on any atom is -0.507 e. The fourth-order valence-corrected chi connectivity index (χ4v) is 3.27. The highest BCUT2D eigenvalue weighted by Crippen LogP contribution is 2.36. The maximum atomic E-state index is 12.8. The number of aliphatic imine (C=N–C) groups is 1. The number of nitrogens with zero attached hydrogens (tertiary/aromatic N) is 1. The quantitative estimate of drug-likeness (QED) is 0.802. The van der Waals surface area contributed by atoms with E-state index < -0.39 is 17.5 Å². The van der Waals surface area contributed by atoms with Crippen molar-refractivity contribution >= 4 is 5.71 Å². The Morgan fingerprint density at radius 1 is 1.04 bits per heavy atom. The van der Waals surface area contributed by atoms with Crippen LogP contribution < -0.4 is 5.73 Å². The lowest BCUT2D eigenvalue weighted by Crippen LogP contribution is -2.12. The normalized spacial score (nSPS) is 19.1. The van der Waals surface area contributed by atoms with Crippen LogP contribution in [0.5, 0.6) is 5.75 Å². The Morgan fingerprint density at radius 2 is 1.75 bits per heavy atom. The first-order valence-electron chi connectivity index (χ1n) is 8.01. The van der Waals surface area contributed by atoms with Gasteiger partial charge in [0.1, 0.15) is 5.75 Å². The second-order valence-electron chi connectivity index (χ2n) is 6.10. The molecule has 3 nitrogen and oxygen atoms in total. The van der Waals surface area contributed by atoms with Crippen molar-refractivity contribution in [2.24, 2.45) is 10.7 Å². The van der Waals surface area contributed by atoms with Crippen molar-refractivity contribution in [1.29, 1.82) is 0 Å². The summed E-state index contributed by atoms with van der Waals surface area (Å²) in [6, 6.07) is 3.04. The van der Waals surface area contributed by atoms with Crippen LogP contribution in [0.2, 0.25) is 0 Å². The lowest BCUT2D eigenvalue weighted by Gasteiger charge is -2.16. The summed E-state index contributed by atoms with van der Waals surface area (Å²) in [5.74, 6) is -0.403. The molecule has 128 valence electrons. The van der Waals surface area contributed by atoms with E-state index in [0.29, 0.717) is 23.5 Å². The number of rotatable bonds is 1. The van der Waals surface area contributed by atoms with Gasteiger partial charge in [0.25, 0.3) is 0 Å². The fraction of sp³-hybridized carbons (Fsp3) is 0.389. The number of hydrogen-bond acceptors (Lipinski definition) is 3. The first kappa shape index (κ1) is 16.6. The molecule has 24 heavy (non-hydrogen) atoms. The van der Waals surface area contributed by atoms with Crippen molar-refractivity contribution in [2.75, 3.05) is 6.54 Å². The number of phenols is 1. The standard InChI is InChI=1S/C18H19F3N2O/c19-18(20,21)11-6-7-14(16(24)10-11)17-13-5-3-1-2-4-12(13)15(22)8-9-23-17/h6-8,10,24H,1-5,9,22H2. The van der Waals surface area contributed by atoms with Crippen LogP contribution in [0.25, 0.3) is 0 Å². The van der Waals surface area contributed by atoms with Crippen LogP contribution in [0.1, 0.15) is 43.2 Å². The lowest BCUT2D eigenvalue weighted by molar-refractivity contribution is -0.137. The summed E-state index contributed by atoms with van der Waals surface area (Å²) < 4.78 is 38.4. The number of hydrogen-bond donors (Lipinski definition) is 2. The topological polar surface area (TPSA) is 58.6 Å². The van der Waals surface area contributed by atoms with Gasteiger partial charge in [-0.05, 0) is 61.1 Å². The molecule has 0 amide bonds. The molecule has 0 saturated heterocycles. The van der Waals surface area contributed by atoms with Gasteiger partial charge >= 0.3 is 6.18 Å². The van der Waals surface area contributed by atoms with Crippen LogP contribution >= 0.6 is 0 Å². The summed E-state index contributed by atoms with van der Waals surface area (Å²) in [5, 5.41) is 10.2. The van der Waals surface area contributed by atoms with Gasteiger partial charge in [0.2, 0.25) is 0 Å². The van der Waals surface area contributed by atoms with E-state index in [1.54, 1.807) is 0 Å². The molecule has 1 heterocycles. The van der Waals surface area contributed by atoms with Crippen molar-refractivity contribution in [3.8, 4) is 5.75 Å². The second-order valence-corrected chi connectivity index (χ2v) is 6.10. The molecule has 0 saturated carbocycles. The minimum atomic E-state index is -4.49. The van der Waals surface area contributed by atoms with Crippen molar-refractivity contribution < 1.29 is 18.3 Å². The zero-order chi connectivity index (χ0) is 17.3. The van der Waals surface area contributed by atoms with E-state index in [4.69, 9.17) is 5.73 Å². The van der Waals surface area contributed by atoms with Gasteiger partial charge in [-0.25, -0.2) is 0 Å². The van der Waals surface area contributed by atoms with Crippen LogP contribution in [0.4, 0.5) is 13.2 Å². The number of allylic oxidation sites excluding steroid dienone is 2. The Kier molecular flexibility index (Phi) is 4.39. The molecule has 2 aliphatic rings. The van der Waals surface area contributed by atoms with E-state index in [1.165, 1.54) is 6.07 Å². The van der Waals surface area contributed by atoms with Crippen molar-refractivity contribution in [1.82, 2.24) is 0 Å². The Hall–Kier alpha value is -2.24. The molecule has 3 rings (SSSR count). The van der Waals surface area contributed by atoms with E-state index in [0.717, 1.165) is 55.4 Å². The van der Waals surface area contributed by atoms with Crippen LogP contribution in [-0.2, 0) is 6.18 Å². The van der Waals surface area contributed by atoms with Gasteiger partial charge in [0, 0.05) is 11.3 Å². The highest BCUT2D eigenvalue weighted by Gasteiger charge is 2.32. The smallest absolute Gasteiger partial charge is 0.416 e. The van der Waals surface area contributed by atoms with E-state index in [1.807, 2.05) is 6.08 Å². The molecule has 1 aromatic rings. The average Bonchev–Trinajstić information content (AvgIpc) is 2.83. The molecule has 0 atom stereocenters. The summed E-state index contributed by atoms with van der Waals surface area (Å²) >= 11 is 0. The number of alkyl halides is 3.